The van der Waals surface area contributed by atoms with Crippen LogP contribution in [-0.2, 0) is 0 Å². The largest absolute Gasteiger partial charge is 0.453 e. The average Bonchev–Trinajstić information content (AvgIpc) is 2.43. The number of halogens is 1. The number of benzene rings is 1. The molecule has 0 aliphatic rings. The van der Waals surface area contributed by atoms with Crippen LogP contribution in [0.3, 0.4) is 0 Å². The van der Waals surface area contributed by atoms with Gasteiger partial charge in [-0.05, 0) is 28.1 Å². The van der Waals surface area contributed by atoms with Crippen molar-refractivity contribution in [2.75, 3.05) is 5.32 Å². The topological polar surface area (TPSA) is 72.5 Å². The minimum Gasteiger partial charge on any atom is -0.453 e. The molecule has 0 spiro atoms. The lowest BCUT2D eigenvalue weighted by molar-refractivity contribution is 0.482. The minimum atomic E-state index is 0.188. The molecule has 0 saturated heterocycles. The highest BCUT2D eigenvalue weighted by Crippen LogP contribution is 2.30. The fourth-order valence-corrected chi connectivity index (χ4v) is 1.77. The number of anilines is 1. The van der Waals surface area contributed by atoms with E-state index in [0.717, 1.165) is 4.47 Å². The Morgan fingerprint density at radius 1 is 1.40 bits per heavy atom. The molecule has 0 unspecified atom stereocenters. The fraction of sp³-hybridized carbons (Fsp3) is 0. The first-order valence-corrected chi connectivity index (χ1v) is 6.58. The second-order valence-electron chi connectivity index (χ2n) is 3.74. The molecule has 0 atom stereocenters. The fourth-order valence-electron chi connectivity index (χ4n) is 1.46. The van der Waals surface area contributed by atoms with Crippen LogP contribution in [0, 0.1) is 0 Å². The molecule has 0 saturated carbocycles. The predicted molar refractivity (Wildman–Crippen MR) is 83.9 cm³/mol. The van der Waals surface area contributed by atoms with Gasteiger partial charge in [-0.2, -0.15) is 0 Å². The van der Waals surface area contributed by atoms with Gasteiger partial charge >= 0.3 is 0 Å². The van der Waals surface area contributed by atoms with E-state index >= 15 is 0 Å². The Hall–Kier alpha value is -2.34. The lowest BCUT2D eigenvalue weighted by atomic mass is 10.3. The van der Waals surface area contributed by atoms with Crippen LogP contribution in [0.2, 0.25) is 0 Å². The number of nitrogens with one attached hydrogen (secondary N) is 1. The standard InChI is InChI=1S/C14H13BrN4O/c1-2-17-14(16)19-13-12(8-10(15)9-18-13)20-11-6-4-3-5-7-11/h2-9H,1H2,(H3,16,17,18,19). The third-order valence-corrected chi connectivity index (χ3v) is 2.70. The average molecular weight is 333 g/mol. The van der Waals surface area contributed by atoms with Crippen LogP contribution in [-0.4, -0.2) is 10.9 Å². The van der Waals surface area contributed by atoms with Gasteiger partial charge in [0.25, 0.3) is 0 Å². The number of hydrogen-bond acceptors (Lipinski definition) is 3. The van der Waals surface area contributed by atoms with E-state index in [2.05, 4.69) is 37.8 Å². The van der Waals surface area contributed by atoms with Crippen LogP contribution in [0.5, 0.6) is 11.5 Å². The zero-order valence-corrected chi connectivity index (χ0v) is 12.2. The first-order chi connectivity index (χ1) is 9.69. The number of nitrogens with two attached hydrogens (primary N) is 1. The summed E-state index contributed by atoms with van der Waals surface area (Å²) in [5, 5.41) is 2.86. The summed E-state index contributed by atoms with van der Waals surface area (Å²) in [5.41, 5.74) is 5.68. The van der Waals surface area contributed by atoms with E-state index in [1.54, 1.807) is 12.3 Å². The Kier molecular flexibility index (Phi) is 4.73. The molecule has 0 fully saturated rings. The summed E-state index contributed by atoms with van der Waals surface area (Å²) in [4.78, 5) is 8.05. The molecule has 1 aromatic heterocycles. The third kappa shape index (κ3) is 3.83. The van der Waals surface area contributed by atoms with E-state index < -0.39 is 0 Å². The molecule has 1 aromatic carbocycles. The van der Waals surface area contributed by atoms with Gasteiger partial charge in [0.05, 0.1) is 0 Å². The predicted octanol–water partition coefficient (Wildman–Crippen LogP) is 3.51. The number of aliphatic imine (C=N–C) groups is 1. The monoisotopic (exact) mass is 332 g/mol. The van der Waals surface area contributed by atoms with E-state index in [0.29, 0.717) is 17.3 Å². The number of rotatable bonds is 4. The van der Waals surface area contributed by atoms with E-state index in [4.69, 9.17) is 10.5 Å². The number of aromatic nitrogens is 1. The summed E-state index contributed by atoms with van der Waals surface area (Å²) in [7, 11) is 0. The molecular weight excluding hydrogens is 320 g/mol. The van der Waals surface area contributed by atoms with Crippen molar-refractivity contribution < 1.29 is 4.74 Å². The maximum atomic E-state index is 5.78. The van der Waals surface area contributed by atoms with E-state index in [9.17, 15) is 0 Å². The number of para-hydroxylation sites is 1. The first-order valence-electron chi connectivity index (χ1n) is 5.78. The van der Waals surface area contributed by atoms with Gasteiger partial charge in [0.2, 0.25) is 0 Å². The lowest BCUT2D eigenvalue weighted by Crippen LogP contribution is -2.22. The number of hydrogen-bond donors (Lipinski definition) is 2. The number of ether oxygens (including phenoxy) is 1. The van der Waals surface area contributed by atoms with Crippen LogP contribution in [0.15, 0.2) is 64.8 Å². The number of pyridine rings is 1. The molecule has 0 radical (unpaired) electrons. The van der Waals surface area contributed by atoms with Crippen molar-refractivity contribution in [3.05, 3.63) is 59.8 Å². The summed E-state index contributed by atoms with van der Waals surface area (Å²) >= 11 is 3.36. The molecule has 6 heteroatoms. The SMILES string of the molecule is C=CN=C(N)Nc1ncc(Br)cc1Oc1ccccc1. The highest BCUT2D eigenvalue weighted by molar-refractivity contribution is 9.10. The lowest BCUT2D eigenvalue weighted by Gasteiger charge is -2.11. The first kappa shape index (κ1) is 14.1. The van der Waals surface area contributed by atoms with Crippen molar-refractivity contribution >= 4 is 27.7 Å². The second kappa shape index (κ2) is 6.72. The molecule has 0 amide bonds. The Morgan fingerprint density at radius 2 is 2.15 bits per heavy atom. The summed E-state index contributed by atoms with van der Waals surface area (Å²) < 4.78 is 6.58. The van der Waals surface area contributed by atoms with Gasteiger partial charge in [-0.15, -0.1) is 0 Å². The normalized spacial score (nSPS) is 10.9. The molecule has 5 nitrogen and oxygen atoms in total. The molecule has 3 N–H and O–H groups in total. The maximum absolute atomic E-state index is 5.78. The smallest absolute Gasteiger partial charge is 0.199 e. The Morgan fingerprint density at radius 3 is 2.85 bits per heavy atom. The van der Waals surface area contributed by atoms with Gasteiger partial charge in [-0.25, -0.2) is 9.98 Å². The molecule has 0 aliphatic carbocycles. The van der Waals surface area contributed by atoms with Gasteiger partial charge in [-0.3, -0.25) is 0 Å². The van der Waals surface area contributed by atoms with Crippen LogP contribution >= 0.6 is 15.9 Å². The second-order valence-corrected chi connectivity index (χ2v) is 4.65. The van der Waals surface area contributed by atoms with Gasteiger partial charge in [0, 0.05) is 22.9 Å². The van der Waals surface area contributed by atoms with E-state index in [-0.39, 0.29) is 5.96 Å². The molecule has 102 valence electrons. The molecule has 0 bridgehead atoms. The molecule has 2 rings (SSSR count). The maximum Gasteiger partial charge on any atom is 0.199 e. The Balaban J connectivity index is 2.28. The summed E-state index contributed by atoms with van der Waals surface area (Å²) in [6.07, 6.45) is 2.99. The number of guanidine groups is 1. The van der Waals surface area contributed by atoms with Gasteiger partial charge in [-0.1, -0.05) is 24.8 Å². The molecular formula is C14H13BrN4O. The van der Waals surface area contributed by atoms with E-state index in [1.165, 1.54) is 6.20 Å². The highest BCUT2D eigenvalue weighted by Gasteiger charge is 2.08. The zero-order valence-electron chi connectivity index (χ0n) is 10.6. The van der Waals surface area contributed by atoms with Crippen molar-refractivity contribution in [2.24, 2.45) is 10.7 Å². The quantitative estimate of drug-likeness (QED) is 0.663. The van der Waals surface area contributed by atoms with Crippen molar-refractivity contribution in [1.82, 2.24) is 4.98 Å². The molecule has 2 aromatic rings. The summed E-state index contributed by atoms with van der Waals surface area (Å²) in [6, 6.07) is 11.2. The summed E-state index contributed by atoms with van der Waals surface area (Å²) in [5.74, 6) is 1.90. The van der Waals surface area contributed by atoms with Crippen LogP contribution in [0.25, 0.3) is 0 Å². The highest BCUT2D eigenvalue weighted by atomic mass is 79.9. The van der Waals surface area contributed by atoms with Gasteiger partial charge in [0.15, 0.2) is 17.5 Å². The zero-order chi connectivity index (χ0) is 14.4. The molecule has 20 heavy (non-hydrogen) atoms. The minimum absolute atomic E-state index is 0.188. The van der Waals surface area contributed by atoms with Crippen molar-refractivity contribution in [1.29, 1.82) is 0 Å². The molecule has 0 aliphatic heterocycles. The van der Waals surface area contributed by atoms with Crippen molar-refractivity contribution in [3.8, 4) is 11.5 Å². The summed E-state index contributed by atoms with van der Waals surface area (Å²) in [6.45, 7) is 3.48. The van der Waals surface area contributed by atoms with Crippen LogP contribution < -0.4 is 15.8 Å². The Bertz CT molecular complexity index is 628. The Labute approximate surface area is 125 Å². The van der Waals surface area contributed by atoms with E-state index in [1.807, 2.05) is 30.3 Å². The van der Waals surface area contributed by atoms with Crippen molar-refractivity contribution in [3.63, 3.8) is 0 Å². The van der Waals surface area contributed by atoms with Crippen LogP contribution in [0.4, 0.5) is 5.82 Å². The van der Waals surface area contributed by atoms with Gasteiger partial charge in [0.1, 0.15) is 5.75 Å². The van der Waals surface area contributed by atoms with Crippen molar-refractivity contribution in [2.45, 2.75) is 0 Å². The number of nitrogens with zero attached hydrogens (tertiary/aromatic N) is 2. The van der Waals surface area contributed by atoms with Crippen LogP contribution in [0.1, 0.15) is 0 Å². The third-order valence-electron chi connectivity index (χ3n) is 2.27. The molecule has 1 heterocycles. The van der Waals surface area contributed by atoms with Gasteiger partial charge < -0.3 is 15.8 Å².